The van der Waals surface area contributed by atoms with Crippen LogP contribution in [0.2, 0.25) is 10.0 Å². The first-order chi connectivity index (χ1) is 10.2. The van der Waals surface area contributed by atoms with Crippen LogP contribution in [0.15, 0.2) is 30.3 Å². The molecule has 0 atom stereocenters. The molecule has 4 rings (SSSR count). The minimum absolute atomic E-state index is 0. The Balaban J connectivity index is 0.00000144. The molecule has 0 unspecified atom stereocenters. The molecule has 0 aliphatic carbocycles. The summed E-state index contributed by atoms with van der Waals surface area (Å²) in [4.78, 5) is 0. The van der Waals surface area contributed by atoms with Gasteiger partial charge in [0.25, 0.3) is 0 Å². The third kappa shape index (κ3) is 2.83. The first kappa shape index (κ1) is 15.7. The van der Waals surface area contributed by atoms with E-state index < -0.39 is 0 Å². The van der Waals surface area contributed by atoms with E-state index in [-0.39, 0.29) is 17.0 Å². The maximum Gasteiger partial charge on any atom is 0.231 e. The van der Waals surface area contributed by atoms with E-state index >= 15 is 0 Å². The zero-order valence-corrected chi connectivity index (χ0v) is 14.6. The standard InChI is InChI=1S/C16H12Cl2NO2.BrH/c17-12-5-13(18)7-14(6-12)19-2-1-10-3-15-16(21-9-20-15)4-11(10)8-19;/h3-8H,1-2,9H2;1H/q+1;/p-1. The number of fused-ring (bicyclic) bond motifs is 2. The van der Waals surface area contributed by atoms with Crippen molar-refractivity contribution in [3.63, 3.8) is 0 Å². The normalized spacial score (nSPS) is 14.9. The lowest BCUT2D eigenvalue weighted by molar-refractivity contribution is -0.436. The molecule has 2 aromatic carbocycles. The van der Waals surface area contributed by atoms with Crippen molar-refractivity contribution in [2.45, 2.75) is 6.42 Å². The van der Waals surface area contributed by atoms with E-state index in [4.69, 9.17) is 32.7 Å². The summed E-state index contributed by atoms with van der Waals surface area (Å²) in [6.07, 6.45) is 3.04. The van der Waals surface area contributed by atoms with Gasteiger partial charge in [0.15, 0.2) is 24.3 Å². The third-order valence-electron chi connectivity index (χ3n) is 3.73. The summed E-state index contributed by atoms with van der Waals surface area (Å²) in [5.74, 6) is 1.64. The van der Waals surface area contributed by atoms with Crippen molar-refractivity contribution in [2.24, 2.45) is 0 Å². The van der Waals surface area contributed by atoms with Gasteiger partial charge in [-0.1, -0.05) is 23.2 Å². The van der Waals surface area contributed by atoms with Crippen LogP contribution in [-0.2, 0) is 6.42 Å². The van der Waals surface area contributed by atoms with Gasteiger partial charge in [-0.2, -0.15) is 4.58 Å². The predicted octanol–water partition coefficient (Wildman–Crippen LogP) is 1.05. The van der Waals surface area contributed by atoms with Gasteiger partial charge >= 0.3 is 0 Å². The largest absolute Gasteiger partial charge is 1.00 e. The van der Waals surface area contributed by atoms with E-state index in [0.717, 1.165) is 35.7 Å². The second-order valence-corrected chi connectivity index (χ2v) is 5.98. The molecule has 0 aromatic heterocycles. The summed E-state index contributed by atoms with van der Waals surface area (Å²) < 4.78 is 13.0. The van der Waals surface area contributed by atoms with Gasteiger partial charge in [0.2, 0.25) is 12.5 Å². The van der Waals surface area contributed by atoms with Gasteiger partial charge in [-0.3, -0.25) is 0 Å². The van der Waals surface area contributed by atoms with Gasteiger partial charge in [0, 0.05) is 34.2 Å². The van der Waals surface area contributed by atoms with Crippen molar-refractivity contribution in [2.75, 3.05) is 13.3 Å². The highest BCUT2D eigenvalue weighted by atomic mass is 79.9. The average Bonchev–Trinajstić information content (AvgIpc) is 2.90. The van der Waals surface area contributed by atoms with E-state index in [2.05, 4.69) is 16.9 Å². The summed E-state index contributed by atoms with van der Waals surface area (Å²) in [7, 11) is 0. The third-order valence-corrected chi connectivity index (χ3v) is 4.17. The van der Waals surface area contributed by atoms with Crippen LogP contribution in [-0.4, -0.2) is 24.1 Å². The molecule has 22 heavy (non-hydrogen) atoms. The van der Waals surface area contributed by atoms with Crippen molar-refractivity contribution >= 4 is 35.1 Å². The molecule has 0 spiro atoms. The number of halogens is 3. The topological polar surface area (TPSA) is 21.5 Å². The maximum absolute atomic E-state index is 6.08. The maximum atomic E-state index is 6.08. The smallest absolute Gasteiger partial charge is 0.231 e. The molecule has 6 heteroatoms. The van der Waals surface area contributed by atoms with Crippen LogP contribution in [0.3, 0.4) is 0 Å². The summed E-state index contributed by atoms with van der Waals surface area (Å²) >= 11 is 12.2. The summed E-state index contributed by atoms with van der Waals surface area (Å²) in [5, 5.41) is 1.28. The number of nitrogens with zero attached hydrogens (tertiary/aromatic N) is 1. The molecule has 2 aliphatic rings. The Hall–Kier alpha value is -1.23. The van der Waals surface area contributed by atoms with Gasteiger partial charge < -0.3 is 26.5 Å². The number of ether oxygens (including phenoxy) is 2. The van der Waals surface area contributed by atoms with E-state index in [0.29, 0.717) is 16.8 Å². The van der Waals surface area contributed by atoms with Gasteiger partial charge in [0.05, 0.1) is 0 Å². The Labute approximate surface area is 148 Å². The van der Waals surface area contributed by atoms with Gasteiger partial charge in [0.1, 0.15) is 0 Å². The minimum Gasteiger partial charge on any atom is -1.00 e. The van der Waals surface area contributed by atoms with E-state index in [1.165, 1.54) is 5.56 Å². The molecule has 3 nitrogen and oxygen atoms in total. The molecule has 0 saturated heterocycles. The van der Waals surface area contributed by atoms with Gasteiger partial charge in [-0.15, -0.1) is 0 Å². The highest BCUT2D eigenvalue weighted by molar-refractivity contribution is 6.34. The fourth-order valence-electron chi connectivity index (χ4n) is 2.72. The van der Waals surface area contributed by atoms with Crippen LogP contribution < -0.4 is 26.5 Å². The first-order valence-corrected chi connectivity index (χ1v) is 7.45. The number of hydrogen-bond acceptors (Lipinski definition) is 2. The Morgan fingerprint density at radius 1 is 0.909 bits per heavy atom. The SMILES string of the molecule is Clc1cc(Cl)cc([N+]2=Cc3cc4c(cc3CC2)OCO4)c1.[Br-]. The molecule has 0 radical (unpaired) electrons. The van der Waals surface area contributed by atoms with Crippen LogP contribution in [0.1, 0.15) is 11.1 Å². The van der Waals surface area contributed by atoms with E-state index in [9.17, 15) is 0 Å². The monoisotopic (exact) mass is 399 g/mol. The summed E-state index contributed by atoms with van der Waals surface area (Å²) in [5.41, 5.74) is 3.40. The lowest BCUT2D eigenvalue weighted by atomic mass is 10.0. The van der Waals surface area contributed by atoms with Gasteiger partial charge in [-0.25, -0.2) is 0 Å². The molecular weight excluding hydrogens is 389 g/mol. The Bertz CT molecular complexity index is 757. The Morgan fingerprint density at radius 2 is 1.59 bits per heavy atom. The number of hydrogen-bond donors (Lipinski definition) is 0. The second-order valence-electron chi connectivity index (χ2n) is 5.10. The van der Waals surface area contributed by atoms with Crippen LogP contribution in [0, 0.1) is 0 Å². The van der Waals surface area contributed by atoms with Crippen LogP contribution in [0.5, 0.6) is 11.5 Å². The molecule has 114 valence electrons. The van der Waals surface area contributed by atoms with Gasteiger partial charge in [-0.05, 0) is 23.8 Å². The molecule has 0 fully saturated rings. The molecule has 2 aliphatic heterocycles. The predicted molar refractivity (Wildman–Crippen MR) is 82.7 cm³/mol. The zero-order valence-electron chi connectivity index (χ0n) is 11.5. The van der Waals surface area contributed by atoms with E-state index in [1.807, 2.05) is 18.2 Å². The lowest BCUT2D eigenvalue weighted by Gasteiger charge is -2.13. The Morgan fingerprint density at radius 3 is 2.32 bits per heavy atom. The molecule has 0 bridgehead atoms. The number of rotatable bonds is 1. The molecule has 0 amide bonds. The van der Waals surface area contributed by atoms with Crippen LogP contribution in [0.25, 0.3) is 0 Å². The van der Waals surface area contributed by atoms with Crippen molar-refractivity contribution < 1.29 is 31.0 Å². The first-order valence-electron chi connectivity index (χ1n) is 6.69. The zero-order chi connectivity index (χ0) is 14.4. The molecule has 2 heterocycles. The fourth-order valence-corrected chi connectivity index (χ4v) is 3.23. The van der Waals surface area contributed by atoms with Crippen molar-refractivity contribution in [1.82, 2.24) is 0 Å². The second kappa shape index (κ2) is 6.11. The van der Waals surface area contributed by atoms with Crippen molar-refractivity contribution in [3.05, 3.63) is 51.5 Å². The van der Waals surface area contributed by atoms with E-state index in [1.54, 1.807) is 6.07 Å². The van der Waals surface area contributed by atoms with Crippen molar-refractivity contribution in [1.29, 1.82) is 0 Å². The highest BCUT2D eigenvalue weighted by Gasteiger charge is 2.23. The average molecular weight is 401 g/mol. The summed E-state index contributed by atoms with van der Waals surface area (Å²) in [6, 6.07) is 9.67. The fraction of sp³-hybridized carbons (Fsp3) is 0.188. The Kier molecular flexibility index (Phi) is 4.35. The van der Waals surface area contributed by atoms with Crippen molar-refractivity contribution in [3.8, 4) is 11.5 Å². The quantitative estimate of drug-likeness (QED) is 0.667. The molecule has 2 aromatic rings. The lowest BCUT2D eigenvalue weighted by Crippen LogP contribution is -3.00. The minimum atomic E-state index is 0. The molecular formula is C16H12BrCl2NO2. The molecule has 0 N–H and O–H groups in total. The van der Waals surface area contributed by atoms with Crippen LogP contribution in [0.4, 0.5) is 5.69 Å². The molecule has 0 saturated carbocycles. The number of benzene rings is 2. The summed E-state index contributed by atoms with van der Waals surface area (Å²) in [6.45, 7) is 1.18. The van der Waals surface area contributed by atoms with Crippen LogP contribution >= 0.6 is 23.2 Å². The highest BCUT2D eigenvalue weighted by Crippen LogP contribution is 2.36.